The summed E-state index contributed by atoms with van der Waals surface area (Å²) in [7, 11) is 1.65. The Kier molecular flexibility index (Phi) is 4.99. The average molecular weight is 347 g/mol. The number of benzene rings is 1. The molecule has 2 aliphatic rings. The molecule has 0 unspecified atom stereocenters. The molecule has 6 heteroatoms. The van der Waals surface area contributed by atoms with Crippen LogP contribution in [-0.2, 0) is 19.7 Å². The number of rotatable bonds is 6. The van der Waals surface area contributed by atoms with E-state index in [-0.39, 0.29) is 11.3 Å². The molecule has 0 radical (unpaired) electrons. The van der Waals surface area contributed by atoms with Gasteiger partial charge in [0.25, 0.3) is 0 Å². The van der Waals surface area contributed by atoms with Gasteiger partial charge in [-0.05, 0) is 32.3 Å². The summed E-state index contributed by atoms with van der Waals surface area (Å²) in [4.78, 5) is 23.3. The number of aliphatic carboxylic acids is 1. The molecule has 1 saturated heterocycles. The second-order valence-corrected chi connectivity index (χ2v) is 7.10. The average Bonchev–Trinajstić information content (AvgIpc) is 3.41. The molecule has 1 aromatic rings. The van der Waals surface area contributed by atoms with Gasteiger partial charge in [-0.1, -0.05) is 17.7 Å². The third kappa shape index (κ3) is 3.63. The molecule has 0 spiro atoms. The fraction of sp³-hybridized carbons (Fsp3) is 0.579. The molecule has 1 aliphatic heterocycles. The number of aryl methyl sites for hydroxylation is 1. The monoisotopic (exact) mass is 347 g/mol. The smallest absolute Gasteiger partial charge is 0.307 e. The number of carbonyl (C=O) groups is 2. The molecule has 2 atom stereocenters. The van der Waals surface area contributed by atoms with Crippen molar-refractivity contribution in [3.05, 3.63) is 29.3 Å². The van der Waals surface area contributed by atoms with Gasteiger partial charge in [0.15, 0.2) is 0 Å². The van der Waals surface area contributed by atoms with Gasteiger partial charge in [-0.15, -0.1) is 0 Å². The number of hydrogen-bond acceptors (Lipinski definition) is 4. The lowest BCUT2D eigenvalue weighted by molar-refractivity contribution is -0.140. The summed E-state index contributed by atoms with van der Waals surface area (Å²) in [6.45, 7) is 3.77. The lowest BCUT2D eigenvalue weighted by Crippen LogP contribution is -2.45. The molecule has 136 valence electrons. The lowest BCUT2D eigenvalue weighted by Gasteiger charge is -2.39. The zero-order valence-electron chi connectivity index (χ0n) is 14.7. The molecule has 1 aliphatic carbocycles. The Morgan fingerprint density at radius 2 is 2.04 bits per heavy atom. The van der Waals surface area contributed by atoms with Crippen molar-refractivity contribution < 1.29 is 24.2 Å². The molecule has 0 bridgehead atoms. The minimum atomic E-state index is -0.888. The molecule has 1 saturated carbocycles. The Labute approximate surface area is 147 Å². The number of methoxy groups -OCH3 is 1. The quantitative estimate of drug-likeness (QED) is 0.821. The topological polar surface area (TPSA) is 84.9 Å². The van der Waals surface area contributed by atoms with Crippen molar-refractivity contribution in [2.75, 3.05) is 26.9 Å². The summed E-state index contributed by atoms with van der Waals surface area (Å²) in [6, 6.07) is 6.09. The van der Waals surface area contributed by atoms with Gasteiger partial charge in [-0.25, -0.2) is 0 Å². The van der Waals surface area contributed by atoms with Gasteiger partial charge >= 0.3 is 5.97 Å². The number of nitrogens with one attached hydrogen (secondary N) is 1. The summed E-state index contributed by atoms with van der Waals surface area (Å²) >= 11 is 0. The Hall–Kier alpha value is -2.08. The van der Waals surface area contributed by atoms with Crippen LogP contribution >= 0.6 is 0 Å². The summed E-state index contributed by atoms with van der Waals surface area (Å²) in [5.41, 5.74) is 1.98. The number of ether oxygens (including phenoxy) is 2. The van der Waals surface area contributed by atoms with E-state index < -0.39 is 17.8 Å². The van der Waals surface area contributed by atoms with Crippen LogP contribution < -0.4 is 10.1 Å². The molecular weight excluding hydrogens is 322 g/mol. The van der Waals surface area contributed by atoms with Crippen LogP contribution in [0.4, 0.5) is 0 Å². The number of carbonyl (C=O) groups excluding carboxylic acids is 1. The van der Waals surface area contributed by atoms with Gasteiger partial charge in [0.05, 0.1) is 18.9 Å². The Morgan fingerprint density at radius 1 is 1.32 bits per heavy atom. The van der Waals surface area contributed by atoms with E-state index in [0.29, 0.717) is 26.2 Å². The van der Waals surface area contributed by atoms with E-state index in [1.54, 1.807) is 7.11 Å². The summed E-state index contributed by atoms with van der Waals surface area (Å²) < 4.78 is 11.1. The van der Waals surface area contributed by atoms with Crippen LogP contribution in [0.5, 0.6) is 5.75 Å². The molecule has 6 nitrogen and oxygen atoms in total. The molecule has 0 aromatic heterocycles. The van der Waals surface area contributed by atoms with E-state index >= 15 is 0 Å². The highest BCUT2D eigenvalue weighted by Gasteiger charge is 2.49. The molecule has 1 heterocycles. The van der Waals surface area contributed by atoms with Crippen LogP contribution in [0.3, 0.4) is 0 Å². The van der Waals surface area contributed by atoms with Crippen molar-refractivity contribution in [3.8, 4) is 5.75 Å². The van der Waals surface area contributed by atoms with Crippen LogP contribution in [0.1, 0.15) is 30.4 Å². The van der Waals surface area contributed by atoms with E-state index in [0.717, 1.165) is 29.7 Å². The van der Waals surface area contributed by atoms with Crippen molar-refractivity contribution in [2.45, 2.75) is 31.6 Å². The van der Waals surface area contributed by atoms with Gasteiger partial charge in [-0.3, -0.25) is 9.59 Å². The predicted octanol–water partition coefficient (Wildman–Crippen LogP) is 1.89. The Balaban J connectivity index is 1.79. The maximum atomic E-state index is 12.3. The van der Waals surface area contributed by atoms with Crippen molar-refractivity contribution in [1.82, 2.24) is 5.32 Å². The first kappa shape index (κ1) is 17.7. The van der Waals surface area contributed by atoms with Gasteiger partial charge in [-0.2, -0.15) is 0 Å². The van der Waals surface area contributed by atoms with E-state index in [1.165, 1.54) is 0 Å². The van der Waals surface area contributed by atoms with E-state index in [4.69, 9.17) is 14.6 Å². The molecule has 1 amide bonds. The fourth-order valence-corrected chi connectivity index (χ4v) is 3.68. The zero-order valence-corrected chi connectivity index (χ0v) is 14.7. The maximum absolute atomic E-state index is 12.3. The van der Waals surface area contributed by atoms with Crippen LogP contribution in [0.2, 0.25) is 0 Å². The largest absolute Gasteiger partial charge is 0.496 e. The molecule has 3 rings (SSSR count). The van der Waals surface area contributed by atoms with Crippen LogP contribution in [0, 0.1) is 18.8 Å². The molecular formula is C19H25NO5. The first-order valence-corrected chi connectivity index (χ1v) is 8.70. The van der Waals surface area contributed by atoms with E-state index in [9.17, 15) is 9.59 Å². The second-order valence-electron chi connectivity index (χ2n) is 7.10. The highest BCUT2D eigenvalue weighted by atomic mass is 16.5. The summed E-state index contributed by atoms with van der Waals surface area (Å²) in [5.74, 6) is -1.16. The first-order valence-electron chi connectivity index (χ1n) is 8.70. The maximum Gasteiger partial charge on any atom is 0.307 e. The molecule has 2 fully saturated rings. The lowest BCUT2D eigenvalue weighted by atomic mass is 9.73. The number of carboxylic acid groups (broad SMARTS) is 1. The SMILES string of the molecule is COc1ccc(C)cc1C1(CNC(=O)[C@H]2C[C@H]2C(=O)O)CCOCC1. The van der Waals surface area contributed by atoms with E-state index in [2.05, 4.69) is 11.4 Å². The zero-order chi connectivity index (χ0) is 18.0. The van der Waals surface area contributed by atoms with E-state index in [1.807, 2.05) is 19.1 Å². The van der Waals surface area contributed by atoms with Crippen molar-refractivity contribution in [2.24, 2.45) is 11.8 Å². The third-order valence-corrected chi connectivity index (χ3v) is 5.42. The van der Waals surface area contributed by atoms with Crippen molar-refractivity contribution >= 4 is 11.9 Å². The fourth-order valence-electron chi connectivity index (χ4n) is 3.68. The number of hydrogen-bond donors (Lipinski definition) is 2. The molecule has 25 heavy (non-hydrogen) atoms. The van der Waals surface area contributed by atoms with Crippen LogP contribution in [-0.4, -0.2) is 43.9 Å². The van der Waals surface area contributed by atoms with Crippen LogP contribution in [0.15, 0.2) is 18.2 Å². The van der Waals surface area contributed by atoms with Gasteiger partial charge < -0.3 is 19.9 Å². The standard InChI is InChI=1S/C19H25NO5/c1-12-3-4-16(24-2)15(9-12)19(5-7-25-8-6-19)11-20-17(21)13-10-14(13)18(22)23/h3-4,9,13-14H,5-8,10-11H2,1-2H3,(H,20,21)(H,22,23)/t13-,14+/m0/s1. The number of amides is 1. The second kappa shape index (κ2) is 7.04. The van der Waals surface area contributed by atoms with Crippen LogP contribution in [0.25, 0.3) is 0 Å². The summed E-state index contributed by atoms with van der Waals surface area (Å²) in [5, 5.41) is 12.0. The van der Waals surface area contributed by atoms with Crippen molar-refractivity contribution in [3.63, 3.8) is 0 Å². The summed E-state index contributed by atoms with van der Waals surface area (Å²) in [6.07, 6.45) is 2.02. The number of carboxylic acids is 1. The van der Waals surface area contributed by atoms with Gasteiger partial charge in [0.1, 0.15) is 5.75 Å². The highest BCUT2D eigenvalue weighted by molar-refractivity contribution is 5.89. The first-order chi connectivity index (χ1) is 12.0. The minimum Gasteiger partial charge on any atom is -0.496 e. The molecule has 1 aromatic carbocycles. The predicted molar refractivity (Wildman–Crippen MR) is 91.7 cm³/mol. The minimum absolute atomic E-state index is 0.162. The normalized spacial score (nSPS) is 24.4. The van der Waals surface area contributed by atoms with Crippen molar-refractivity contribution in [1.29, 1.82) is 0 Å². The Morgan fingerprint density at radius 3 is 2.64 bits per heavy atom. The van der Waals surface area contributed by atoms with Gasteiger partial charge in [0, 0.05) is 30.7 Å². The third-order valence-electron chi connectivity index (χ3n) is 5.42. The highest BCUT2D eigenvalue weighted by Crippen LogP contribution is 2.41. The Bertz CT molecular complexity index is 666. The van der Waals surface area contributed by atoms with Gasteiger partial charge in [0.2, 0.25) is 5.91 Å². The molecule has 2 N–H and O–H groups in total.